The Bertz CT molecular complexity index is 697. The van der Waals surface area contributed by atoms with Crippen molar-refractivity contribution < 1.29 is 4.79 Å². The zero-order valence-electron chi connectivity index (χ0n) is 11.3. The first-order valence-corrected chi connectivity index (χ1v) is 7.83. The molecule has 0 saturated carbocycles. The molecule has 0 bridgehead atoms. The predicted octanol–water partition coefficient (Wildman–Crippen LogP) is 3.88. The molecule has 21 heavy (non-hydrogen) atoms. The van der Waals surface area contributed by atoms with Crippen LogP contribution in [0.25, 0.3) is 0 Å². The molecule has 0 atom stereocenters. The maximum Gasteiger partial charge on any atom is 0.254 e. The van der Waals surface area contributed by atoms with E-state index in [-0.39, 0.29) is 5.91 Å². The van der Waals surface area contributed by atoms with Gasteiger partial charge in [-0.25, -0.2) is 0 Å². The van der Waals surface area contributed by atoms with Gasteiger partial charge in [-0.15, -0.1) is 0 Å². The highest BCUT2D eigenvalue weighted by atomic mass is 79.9. The van der Waals surface area contributed by atoms with Crippen molar-refractivity contribution in [3.05, 3.63) is 62.6 Å². The minimum atomic E-state index is -0.00808. The number of hydrogen-bond acceptors (Lipinski definition) is 2. The number of nitrogens with two attached hydrogens (primary N) is 1. The molecular weight excluding hydrogens is 352 g/mol. The molecule has 0 aliphatic carbocycles. The number of carbonyl (C=O) groups excluding carboxylic acids is 1. The van der Waals surface area contributed by atoms with Crippen LogP contribution in [-0.4, -0.2) is 17.4 Å². The van der Waals surface area contributed by atoms with Crippen LogP contribution in [-0.2, 0) is 13.0 Å². The third-order valence-electron chi connectivity index (χ3n) is 3.70. The van der Waals surface area contributed by atoms with Crippen molar-refractivity contribution in [3.63, 3.8) is 0 Å². The third-order valence-corrected chi connectivity index (χ3v) is 4.37. The Morgan fingerprint density at radius 2 is 2.10 bits per heavy atom. The van der Waals surface area contributed by atoms with Crippen LogP contribution >= 0.6 is 27.5 Å². The number of rotatable bonds is 1. The molecular formula is C16H14BrClN2O. The monoisotopic (exact) mass is 364 g/mol. The molecule has 0 unspecified atom stereocenters. The molecule has 0 radical (unpaired) electrons. The van der Waals surface area contributed by atoms with Crippen molar-refractivity contribution in [2.24, 2.45) is 0 Å². The van der Waals surface area contributed by atoms with Gasteiger partial charge in [-0.1, -0.05) is 39.7 Å². The van der Waals surface area contributed by atoms with E-state index in [2.05, 4.69) is 15.9 Å². The molecule has 1 aliphatic heterocycles. The smallest absolute Gasteiger partial charge is 0.254 e. The van der Waals surface area contributed by atoms with Crippen LogP contribution in [0.2, 0.25) is 5.02 Å². The molecule has 2 N–H and O–H groups in total. The lowest BCUT2D eigenvalue weighted by Gasteiger charge is -2.29. The molecule has 2 aromatic rings. The number of halogens is 2. The SMILES string of the molecule is Nc1cccc2c1CCN(C(=O)c1cc(Cl)cc(Br)c1)C2. The zero-order chi connectivity index (χ0) is 15.0. The molecule has 3 nitrogen and oxygen atoms in total. The van der Waals surface area contributed by atoms with E-state index in [0.29, 0.717) is 23.7 Å². The van der Waals surface area contributed by atoms with Crippen LogP contribution in [0.15, 0.2) is 40.9 Å². The molecule has 0 aromatic heterocycles. The second-order valence-electron chi connectivity index (χ2n) is 5.12. The maximum atomic E-state index is 12.6. The van der Waals surface area contributed by atoms with Gasteiger partial charge >= 0.3 is 0 Å². The van der Waals surface area contributed by atoms with E-state index in [1.54, 1.807) is 18.2 Å². The molecule has 108 valence electrons. The number of anilines is 1. The number of hydrogen-bond donors (Lipinski definition) is 1. The van der Waals surface area contributed by atoms with Crippen molar-refractivity contribution in [1.82, 2.24) is 4.90 Å². The van der Waals surface area contributed by atoms with Crippen molar-refractivity contribution in [2.45, 2.75) is 13.0 Å². The minimum absolute atomic E-state index is 0.00808. The molecule has 2 aromatic carbocycles. The first kappa shape index (κ1) is 14.4. The second-order valence-corrected chi connectivity index (χ2v) is 6.47. The lowest BCUT2D eigenvalue weighted by atomic mass is 9.97. The van der Waals surface area contributed by atoms with Crippen molar-refractivity contribution >= 4 is 39.1 Å². The topological polar surface area (TPSA) is 46.3 Å². The third kappa shape index (κ3) is 2.92. The fraction of sp³-hybridized carbons (Fsp3) is 0.188. The Morgan fingerprint density at radius 1 is 1.29 bits per heavy atom. The van der Waals surface area contributed by atoms with Crippen LogP contribution in [0, 0.1) is 0 Å². The van der Waals surface area contributed by atoms with E-state index >= 15 is 0 Å². The largest absolute Gasteiger partial charge is 0.398 e. The van der Waals surface area contributed by atoms with Gasteiger partial charge in [0, 0.05) is 33.8 Å². The van der Waals surface area contributed by atoms with Crippen LogP contribution in [0.4, 0.5) is 5.69 Å². The van der Waals surface area contributed by atoms with Gasteiger partial charge < -0.3 is 10.6 Å². The van der Waals surface area contributed by atoms with Gasteiger partial charge in [-0.3, -0.25) is 4.79 Å². The molecule has 1 aliphatic rings. The summed E-state index contributed by atoms with van der Waals surface area (Å²) in [6, 6.07) is 11.1. The van der Waals surface area contributed by atoms with Crippen LogP contribution in [0.3, 0.4) is 0 Å². The fourth-order valence-electron chi connectivity index (χ4n) is 2.67. The summed E-state index contributed by atoms with van der Waals surface area (Å²) >= 11 is 9.39. The van der Waals surface area contributed by atoms with Gasteiger partial charge in [0.25, 0.3) is 5.91 Å². The average Bonchev–Trinajstić information content (AvgIpc) is 2.45. The first-order valence-electron chi connectivity index (χ1n) is 6.66. The highest BCUT2D eigenvalue weighted by molar-refractivity contribution is 9.10. The quantitative estimate of drug-likeness (QED) is 0.780. The number of amides is 1. The molecule has 5 heteroatoms. The molecule has 0 spiro atoms. The summed E-state index contributed by atoms with van der Waals surface area (Å²) < 4.78 is 0.806. The molecule has 0 fully saturated rings. The number of nitrogens with zero attached hydrogens (tertiary/aromatic N) is 1. The van der Waals surface area contributed by atoms with E-state index in [4.69, 9.17) is 17.3 Å². The Balaban J connectivity index is 1.87. The van der Waals surface area contributed by atoms with E-state index in [0.717, 1.165) is 27.7 Å². The zero-order valence-corrected chi connectivity index (χ0v) is 13.6. The Hall–Kier alpha value is -1.52. The van der Waals surface area contributed by atoms with Gasteiger partial charge in [0.1, 0.15) is 0 Å². The average molecular weight is 366 g/mol. The van der Waals surface area contributed by atoms with Crippen LogP contribution in [0.1, 0.15) is 21.5 Å². The van der Waals surface area contributed by atoms with Crippen LogP contribution < -0.4 is 5.73 Å². The maximum absolute atomic E-state index is 12.6. The summed E-state index contributed by atoms with van der Waals surface area (Å²) in [5, 5.41) is 0.550. The summed E-state index contributed by atoms with van der Waals surface area (Å²) in [5.41, 5.74) is 9.68. The summed E-state index contributed by atoms with van der Waals surface area (Å²) in [7, 11) is 0. The van der Waals surface area contributed by atoms with E-state index in [1.165, 1.54) is 0 Å². The number of fused-ring (bicyclic) bond motifs is 1. The van der Waals surface area contributed by atoms with Crippen LogP contribution in [0.5, 0.6) is 0 Å². The standard InChI is InChI=1S/C16H14BrClN2O/c17-12-6-11(7-13(18)8-12)16(21)20-5-4-14-10(9-20)2-1-3-15(14)19/h1-3,6-8H,4-5,9,19H2. The van der Waals surface area contributed by atoms with Crippen molar-refractivity contribution in [1.29, 1.82) is 0 Å². The highest BCUT2D eigenvalue weighted by Crippen LogP contribution is 2.26. The number of benzene rings is 2. The number of carbonyl (C=O) groups is 1. The first-order chi connectivity index (χ1) is 10.0. The van der Waals surface area contributed by atoms with E-state index in [9.17, 15) is 4.79 Å². The summed E-state index contributed by atoms with van der Waals surface area (Å²) in [6.45, 7) is 1.26. The molecule has 1 heterocycles. The second kappa shape index (κ2) is 5.70. The highest BCUT2D eigenvalue weighted by Gasteiger charge is 2.23. The van der Waals surface area contributed by atoms with Gasteiger partial charge in [0.15, 0.2) is 0 Å². The summed E-state index contributed by atoms with van der Waals surface area (Å²) in [5.74, 6) is -0.00808. The van der Waals surface area contributed by atoms with Gasteiger partial charge in [-0.05, 0) is 41.8 Å². The van der Waals surface area contributed by atoms with Gasteiger partial charge in [0.2, 0.25) is 0 Å². The van der Waals surface area contributed by atoms with Crippen molar-refractivity contribution in [3.8, 4) is 0 Å². The van der Waals surface area contributed by atoms with Gasteiger partial charge in [0.05, 0.1) is 0 Å². The van der Waals surface area contributed by atoms with E-state index < -0.39 is 0 Å². The Morgan fingerprint density at radius 3 is 2.86 bits per heavy atom. The molecule has 0 saturated heterocycles. The lowest BCUT2D eigenvalue weighted by Crippen LogP contribution is -2.36. The minimum Gasteiger partial charge on any atom is -0.398 e. The fourth-order valence-corrected chi connectivity index (χ4v) is 3.53. The Kier molecular flexibility index (Phi) is 3.91. The number of nitrogen functional groups attached to an aromatic ring is 1. The molecule has 3 rings (SSSR count). The van der Waals surface area contributed by atoms with E-state index in [1.807, 2.05) is 23.1 Å². The molecule has 1 amide bonds. The lowest BCUT2D eigenvalue weighted by molar-refractivity contribution is 0.0735. The summed E-state index contributed by atoms with van der Waals surface area (Å²) in [4.78, 5) is 14.4. The Labute approximate surface area is 136 Å². The predicted molar refractivity (Wildman–Crippen MR) is 88.5 cm³/mol. The normalized spacial score (nSPS) is 13.9. The summed E-state index contributed by atoms with van der Waals surface area (Å²) in [6.07, 6.45) is 0.787. The van der Waals surface area contributed by atoms with Crippen molar-refractivity contribution in [2.75, 3.05) is 12.3 Å². The van der Waals surface area contributed by atoms with Gasteiger partial charge in [-0.2, -0.15) is 0 Å².